The highest BCUT2D eigenvalue weighted by atomic mass is 16.5. The van der Waals surface area contributed by atoms with Crippen LogP contribution in [-0.2, 0) is 9.53 Å². The fourth-order valence-electron chi connectivity index (χ4n) is 3.77. The fraction of sp³-hybridized carbons (Fsp3) is 0.579. The van der Waals surface area contributed by atoms with Crippen LogP contribution in [0.25, 0.3) is 0 Å². The zero-order chi connectivity index (χ0) is 17.6. The van der Waals surface area contributed by atoms with E-state index in [0.717, 1.165) is 50.5 Å². The van der Waals surface area contributed by atoms with Crippen LogP contribution in [0.15, 0.2) is 24.3 Å². The smallest absolute Gasteiger partial charge is 0.223 e. The lowest BCUT2D eigenvalue weighted by Gasteiger charge is -2.37. The minimum absolute atomic E-state index is 0.253. The van der Waals surface area contributed by atoms with E-state index in [-0.39, 0.29) is 5.91 Å². The molecule has 1 unspecified atom stereocenters. The van der Waals surface area contributed by atoms with Crippen LogP contribution in [0, 0.1) is 17.2 Å². The van der Waals surface area contributed by atoms with Crippen LogP contribution in [0.4, 0.5) is 5.69 Å². The zero-order valence-electron chi connectivity index (χ0n) is 14.9. The van der Waals surface area contributed by atoms with Crippen molar-refractivity contribution >= 4 is 11.6 Å². The highest BCUT2D eigenvalue weighted by molar-refractivity contribution is 5.78. The van der Waals surface area contributed by atoms with Gasteiger partial charge in [0.05, 0.1) is 17.9 Å². The number of nitrogens with zero attached hydrogens (tertiary/aromatic N) is 4. The van der Waals surface area contributed by atoms with E-state index in [1.54, 1.807) is 7.11 Å². The second kappa shape index (κ2) is 8.32. The third kappa shape index (κ3) is 4.30. The molecular formula is C19H26N4O2. The van der Waals surface area contributed by atoms with Crippen LogP contribution in [0.3, 0.4) is 0 Å². The van der Waals surface area contributed by atoms with Crippen LogP contribution >= 0.6 is 0 Å². The van der Waals surface area contributed by atoms with Crippen molar-refractivity contribution in [3.05, 3.63) is 29.8 Å². The van der Waals surface area contributed by atoms with E-state index in [4.69, 9.17) is 4.74 Å². The standard InChI is InChI=1S/C19H26N4O2/c1-25-11-10-23-15-16(12-19(23)24)14-21-6-8-22(9-7-21)18-5-3-2-4-17(18)13-20/h2-5,16H,6-12,14-15H2,1H3. The molecule has 0 N–H and O–H groups in total. The lowest BCUT2D eigenvalue weighted by molar-refractivity contribution is -0.128. The number of rotatable bonds is 6. The number of hydrogen-bond donors (Lipinski definition) is 0. The first-order valence-electron chi connectivity index (χ1n) is 8.94. The topological polar surface area (TPSA) is 59.8 Å². The molecule has 0 radical (unpaired) electrons. The molecule has 0 saturated carbocycles. The first-order valence-corrected chi connectivity index (χ1v) is 8.94. The van der Waals surface area contributed by atoms with E-state index in [0.29, 0.717) is 25.5 Å². The van der Waals surface area contributed by atoms with Crippen LogP contribution < -0.4 is 4.90 Å². The van der Waals surface area contributed by atoms with Gasteiger partial charge < -0.3 is 14.5 Å². The number of carbonyl (C=O) groups is 1. The molecule has 6 heteroatoms. The summed E-state index contributed by atoms with van der Waals surface area (Å²) in [7, 11) is 1.67. The summed E-state index contributed by atoms with van der Waals surface area (Å²) in [6.45, 7) is 6.92. The van der Waals surface area contributed by atoms with Gasteiger partial charge in [-0.2, -0.15) is 5.26 Å². The molecule has 25 heavy (non-hydrogen) atoms. The predicted molar refractivity (Wildman–Crippen MR) is 96.4 cm³/mol. The maximum absolute atomic E-state index is 12.1. The summed E-state index contributed by atoms with van der Waals surface area (Å²) >= 11 is 0. The molecule has 2 aliphatic heterocycles. The van der Waals surface area contributed by atoms with Gasteiger partial charge in [-0.15, -0.1) is 0 Å². The molecule has 0 bridgehead atoms. The van der Waals surface area contributed by atoms with Crippen molar-refractivity contribution in [1.29, 1.82) is 5.26 Å². The average molecular weight is 342 g/mol. The van der Waals surface area contributed by atoms with Gasteiger partial charge >= 0.3 is 0 Å². The molecule has 6 nitrogen and oxygen atoms in total. The lowest BCUT2D eigenvalue weighted by atomic mass is 10.1. The average Bonchev–Trinajstić information content (AvgIpc) is 2.99. The second-order valence-corrected chi connectivity index (χ2v) is 6.82. The molecule has 2 aliphatic rings. The van der Waals surface area contributed by atoms with E-state index < -0.39 is 0 Å². The summed E-state index contributed by atoms with van der Waals surface area (Å²) in [6, 6.07) is 10.1. The van der Waals surface area contributed by atoms with E-state index >= 15 is 0 Å². The number of amides is 1. The van der Waals surface area contributed by atoms with Gasteiger partial charge in [0.1, 0.15) is 6.07 Å². The summed E-state index contributed by atoms with van der Waals surface area (Å²) in [6.07, 6.45) is 0.654. The van der Waals surface area contributed by atoms with Crippen LogP contribution in [0.1, 0.15) is 12.0 Å². The Morgan fingerprint density at radius 3 is 2.72 bits per heavy atom. The Labute approximate surface area is 149 Å². The Morgan fingerprint density at radius 1 is 1.24 bits per heavy atom. The summed E-state index contributed by atoms with van der Waals surface area (Å²) in [5, 5.41) is 9.27. The zero-order valence-corrected chi connectivity index (χ0v) is 14.9. The number of benzene rings is 1. The van der Waals surface area contributed by atoms with E-state index in [1.165, 1.54) is 0 Å². The molecule has 2 fully saturated rings. The van der Waals surface area contributed by atoms with Gasteiger partial charge in [0.25, 0.3) is 0 Å². The Bertz CT molecular complexity index is 635. The fourth-order valence-corrected chi connectivity index (χ4v) is 3.77. The number of anilines is 1. The first-order chi connectivity index (χ1) is 12.2. The molecule has 2 heterocycles. The number of hydrogen-bond acceptors (Lipinski definition) is 5. The first kappa shape index (κ1) is 17.7. The Morgan fingerprint density at radius 2 is 2.00 bits per heavy atom. The molecule has 1 atom stereocenters. The second-order valence-electron chi connectivity index (χ2n) is 6.82. The van der Waals surface area contributed by atoms with Crippen molar-refractivity contribution in [1.82, 2.24) is 9.80 Å². The van der Waals surface area contributed by atoms with Crippen LogP contribution in [-0.4, -0.2) is 75.2 Å². The minimum Gasteiger partial charge on any atom is -0.383 e. The molecule has 0 aromatic heterocycles. The molecular weight excluding hydrogens is 316 g/mol. The van der Waals surface area contributed by atoms with E-state index in [1.807, 2.05) is 29.2 Å². The van der Waals surface area contributed by atoms with Crippen LogP contribution in [0.2, 0.25) is 0 Å². The highest BCUT2D eigenvalue weighted by Gasteiger charge is 2.31. The SMILES string of the molecule is COCCN1CC(CN2CCN(c3ccccc3C#N)CC2)CC1=O. The molecule has 134 valence electrons. The van der Waals surface area contributed by atoms with Gasteiger partial charge in [-0.1, -0.05) is 12.1 Å². The van der Waals surface area contributed by atoms with Gasteiger partial charge in [0, 0.05) is 59.3 Å². The monoisotopic (exact) mass is 342 g/mol. The third-order valence-corrected chi connectivity index (χ3v) is 5.11. The molecule has 2 saturated heterocycles. The highest BCUT2D eigenvalue weighted by Crippen LogP contribution is 2.23. The quantitative estimate of drug-likeness (QED) is 0.777. The van der Waals surface area contributed by atoms with E-state index in [9.17, 15) is 10.1 Å². The normalized spacial score (nSPS) is 21.6. The minimum atomic E-state index is 0.253. The van der Waals surface area contributed by atoms with E-state index in [2.05, 4.69) is 15.9 Å². The van der Waals surface area contributed by atoms with Crippen molar-refractivity contribution in [2.75, 3.05) is 64.4 Å². The number of nitriles is 1. The molecule has 1 aromatic rings. The Kier molecular flexibility index (Phi) is 5.90. The molecule has 0 spiro atoms. The predicted octanol–water partition coefficient (Wildman–Crippen LogP) is 1.18. The number of piperazine rings is 1. The van der Waals surface area contributed by atoms with Gasteiger partial charge in [-0.05, 0) is 18.1 Å². The van der Waals surface area contributed by atoms with Gasteiger partial charge in [0.2, 0.25) is 5.91 Å². The summed E-state index contributed by atoms with van der Waals surface area (Å²) in [5.74, 6) is 0.672. The lowest BCUT2D eigenvalue weighted by Crippen LogP contribution is -2.48. The molecule has 3 rings (SSSR count). The van der Waals surface area contributed by atoms with Gasteiger partial charge in [0.15, 0.2) is 0 Å². The summed E-state index contributed by atoms with van der Waals surface area (Å²) in [5.41, 5.74) is 1.78. The third-order valence-electron chi connectivity index (χ3n) is 5.11. The number of ether oxygens (including phenoxy) is 1. The van der Waals surface area contributed by atoms with Crippen molar-refractivity contribution < 1.29 is 9.53 Å². The Hall–Kier alpha value is -2.10. The molecule has 1 aromatic carbocycles. The number of carbonyl (C=O) groups excluding carboxylic acids is 1. The summed E-state index contributed by atoms with van der Waals surface area (Å²) < 4.78 is 5.08. The van der Waals surface area contributed by atoms with Gasteiger partial charge in [-0.25, -0.2) is 0 Å². The van der Waals surface area contributed by atoms with Crippen molar-refractivity contribution in [2.45, 2.75) is 6.42 Å². The largest absolute Gasteiger partial charge is 0.383 e. The van der Waals surface area contributed by atoms with Gasteiger partial charge in [-0.3, -0.25) is 9.69 Å². The molecule has 0 aliphatic carbocycles. The maximum Gasteiger partial charge on any atom is 0.223 e. The van der Waals surface area contributed by atoms with Crippen molar-refractivity contribution in [3.8, 4) is 6.07 Å². The van der Waals surface area contributed by atoms with Crippen molar-refractivity contribution in [3.63, 3.8) is 0 Å². The maximum atomic E-state index is 12.1. The number of para-hydroxylation sites is 1. The van der Waals surface area contributed by atoms with Crippen LogP contribution in [0.5, 0.6) is 0 Å². The number of likely N-dealkylation sites (tertiary alicyclic amines) is 1. The number of methoxy groups -OCH3 is 1. The van der Waals surface area contributed by atoms with Crippen molar-refractivity contribution in [2.24, 2.45) is 5.92 Å². The molecule has 1 amide bonds. The Balaban J connectivity index is 1.49. The summed E-state index contributed by atoms with van der Waals surface area (Å²) in [4.78, 5) is 18.7.